The Hall–Kier alpha value is -0.820. The minimum atomic E-state index is 0.773. The van der Waals surface area contributed by atoms with E-state index >= 15 is 0 Å². The first-order valence-corrected chi connectivity index (χ1v) is 6.65. The van der Waals surface area contributed by atoms with E-state index in [2.05, 4.69) is 36.5 Å². The predicted octanol–water partition coefficient (Wildman–Crippen LogP) is 3.28. The first-order valence-electron chi connectivity index (χ1n) is 6.65. The van der Waals surface area contributed by atoms with Gasteiger partial charge in [0, 0.05) is 0 Å². The molecule has 86 valence electrons. The van der Waals surface area contributed by atoms with Crippen molar-refractivity contribution in [1.82, 2.24) is 5.32 Å². The summed E-state index contributed by atoms with van der Waals surface area (Å²) in [6, 6.07) is 9.48. The molecule has 0 spiro atoms. The van der Waals surface area contributed by atoms with E-state index in [0.29, 0.717) is 0 Å². The van der Waals surface area contributed by atoms with Crippen LogP contribution in [-0.2, 0) is 0 Å². The highest BCUT2D eigenvalue weighted by Crippen LogP contribution is 2.40. The largest absolute Gasteiger partial charge is 0.316 e. The van der Waals surface area contributed by atoms with Crippen molar-refractivity contribution in [1.29, 1.82) is 0 Å². The van der Waals surface area contributed by atoms with E-state index in [-0.39, 0.29) is 0 Å². The van der Waals surface area contributed by atoms with Gasteiger partial charge in [-0.2, -0.15) is 0 Å². The molecular weight excluding hydrogens is 194 g/mol. The number of nitrogens with one attached hydrogen (secondary N) is 1. The lowest BCUT2D eigenvalue weighted by molar-refractivity contribution is 0.349. The number of benzene rings is 1. The lowest BCUT2D eigenvalue weighted by Crippen LogP contribution is -2.33. The van der Waals surface area contributed by atoms with Crippen LogP contribution < -0.4 is 5.32 Å². The predicted molar refractivity (Wildman–Crippen MR) is 67.8 cm³/mol. The van der Waals surface area contributed by atoms with E-state index in [0.717, 1.165) is 17.8 Å². The van der Waals surface area contributed by atoms with E-state index in [1.807, 2.05) is 0 Å². The van der Waals surface area contributed by atoms with Crippen LogP contribution >= 0.6 is 0 Å². The van der Waals surface area contributed by atoms with Crippen molar-refractivity contribution in [3.05, 3.63) is 35.4 Å². The van der Waals surface area contributed by atoms with Gasteiger partial charge in [-0.25, -0.2) is 0 Å². The zero-order valence-electron chi connectivity index (χ0n) is 10.1. The van der Waals surface area contributed by atoms with Gasteiger partial charge in [-0.05, 0) is 61.2 Å². The zero-order valence-corrected chi connectivity index (χ0v) is 10.1. The standard InChI is InChI=1S/C15H21N/c1-11-10-16-9-8-15(11)14-6-4-13(5-7-14)12-2-3-12/h4-7,11-12,15-16H,2-3,8-10H2,1H3. The second-order valence-corrected chi connectivity index (χ2v) is 5.52. The SMILES string of the molecule is CC1CNCCC1c1ccc(C2CC2)cc1. The van der Waals surface area contributed by atoms with Gasteiger partial charge in [0.05, 0.1) is 0 Å². The van der Waals surface area contributed by atoms with Crippen LogP contribution in [0, 0.1) is 5.92 Å². The number of piperidine rings is 1. The molecule has 1 heteroatoms. The quantitative estimate of drug-likeness (QED) is 0.798. The summed E-state index contributed by atoms with van der Waals surface area (Å²) in [4.78, 5) is 0. The molecule has 2 unspecified atom stereocenters. The molecule has 16 heavy (non-hydrogen) atoms. The molecule has 1 N–H and O–H groups in total. The fourth-order valence-electron chi connectivity index (χ4n) is 2.94. The highest BCUT2D eigenvalue weighted by molar-refractivity contribution is 5.30. The Morgan fingerprint density at radius 3 is 2.31 bits per heavy atom. The molecule has 2 fully saturated rings. The monoisotopic (exact) mass is 215 g/mol. The minimum absolute atomic E-state index is 0.773. The molecule has 0 amide bonds. The lowest BCUT2D eigenvalue weighted by atomic mass is 9.82. The Balaban J connectivity index is 1.77. The molecular formula is C15H21N. The molecule has 2 atom stereocenters. The third-order valence-electron chi connectivity index (χ3n) is 4.20. The van der Waals surface area contributed by atoms with Crippen LogP contribution in [0.1, 0.15) is 49.1 Å². The molecule has 1 aromatic carbocycles. The Morgan fingerprint density at radius 1 is 1.00 bits per heavy atom. The van der Waals surface area contributed by atoms with E-state index in [9.17, 15) is 0 Å². The van der Waals surface area contributed by atoms with Crippen molar-refractivity contribution < 1.29 is 0 Å². The van der Waals surface area contributed by atoms with Crippen molar-refractivity contribution >= 4 is 0 Å². The van der Waals surface area contributed by atoms with E-state index < -0.39 is 0 Å². The van der Waals surface area contributed by atoms with E-state index in [1.54, 1.807) is 11.1 Å². The molecule has 3 rings (SSSR count). The van der Waals surface area contributed by atoms with Gasteiger partial charge in [0.25, 0.3) is 0 Å². The van der Waals surface area contributed by atoms with Crippen molar-refractivity contribution in [3.63, 3.8) is 0 Å². The Kier molecular flexibility index (Phi) is 2.72. The van der Waals surface area contributed by atoms with Gasteiger partial charge in [-0.15, -0.1) is 0 Å². The van der Waals surface area contributed by atoms with Crippen LogP contribution in [0.2, 0.25) is 0 Å². The van der Waals surface area contributed by atoms with Crippen LogP contribution in [0.5, 0.6) is 0 Å². The molecule has 2 aliphatic rings. The Morgan fingerprint density at radius 2 is 1.69 bits per heavy atom. The van der Waals surface area contributed by atoms with Crippen molar-refractivity contribution in [2.75, 3.05) is 13.1 Å². The fraction of sp³-hybridized carbons (Fsp3) is 0.600. The van der Waals surface area contributed by atoms with Crippen molar-refractivity contribution in [3.8, 4) is 0 Å². The van der Waals surface area contributed by atoms with Crippen LogP contribution in [0.15, 0.2) is 24.3 Å². The smallest absolute Gasteiger partial charge is 0.00173 e. The van der Waals surface area contributed by atoms with Crippen molar-refractivity contribution in [2.24, 2.45) is 5.92 Å². The fourth-order valence-corrected chi connectivity index (χ4v) is 2.94. The summed E-state index contributed by atoms with van der Waals surface area (Å²) >= 11 is 0. The summed E-state index contributed by atoms with van der Waals surface area (Å²) in [5.74, 6) is 2.44. The first-order chi connectivity index (χ1) is 7.84. The number of rotatable bonds is 2. The molecule has 1 aliphatic carbocycles. The second kappa shape index (κ2) is 4.21. The molecule has 1 saturated heterocycles. The molecule has 1 nitrogen and oxygen atoms in total. The third-order valence-corrected chi connectivity index (χ3v) is 4.20. The summed E-state index contributed by atoms with van der Waals surface area (Å²) in [6.07, 6.45) is 4.11. The summed E-state index contributed by atoms with van der Waals surface area (Å²) < 4.78 is 0. The zero-order chi connectivity index (χ0) is 11.0. The van der Waals surface area contributed by atoms with Gasteiger partial charge in [-0.3, -0.25) is 0 Å². The maximum atomic E-state index is 3.47. The average molecular weight is 215 g/mol. The summed E-state index contributed by atoms with van der Waals surface area (Å²) in [6.45, 7) is 4.72. The molecule has 0 aromatic heterocycles. The van der Waals surface area contributed by atoms with Gasteiger partial charge in [0.15, 0.2) is 0 Å². The summed E-state index contributed by atoms with van der Waals surface area (Å²) in [7, 11) is 0. The Labute approximate surface area is 98.3 Å². The molecule has 0 radical (unpaired) electrons. The molecule has 1 aromatic rings. The summed E-state index contributed by atoms with van der Waals surface area (Å²) in [5.41, 5.74) is 3.11. The van der Waals surface area contributed by atoms with E-state index in [1.165, 1.54) is 32.4 Å². The van der Waals surface area contributed by atoms with Gasteiger partial charge >= 0.3 is 0 Å². The maximum Gasteiger partial charge on any atom is -0.00173 e. The van der Waals surface area contributed by atoms with Crippen LogP contribution in [0.25, 0.3) is 0 Å². The third kappa shape index (κ3) is 2.01. The Bertz CT molecular complexity index is 350. The van der Waals surface area contributed by atoms with Crippen LogP contribution in [0.4, 0.5) is 0 Å². The first kappa shape index (κ1) is 10.3. The van der Waals surface area contributed by atoms with Gasteiger partial charge in [0.1, 0.15) is 0 Å². The molecule has 0 bridgehead atoms. The maximum absolute atomic E-state index is 3.47. The molecule has 1 saturated carbocycles. The van der Waals surface area contributed by atoms with Gasteiger partial charge < -0.3 is 5.32 Å². The molecule has 1 heterocycles. The van der Waals surface area contributed by atoms with Crippen molar-refractivity contribution in [2.45, 2.75) is 38.0 Å². The topological polar surface area (TPSA) is 12.0 Å². The summed E-state index contributed by atoms with van der Waals surface area (Å²) in [5, 5.41) is 3.47. The van der Waals surface area contributed by atoms with Crippen LogP contribution in [-0.4, -0.2) is 13.1 Å². The molecule has 1 aliphatic heterocycles. The van der Waals surface area contributed by atoms with Gasteiger partial charge in [-0.1, -0.05) is 31.2 Å². The minimum Gasteiger partial charge on any atom is -0.316 e. The highest BCUT2D eigenvalue weighted by atomic mass is 14.9. The highest BCUT2D eigenvalue weighted by Gasteiger charge is 2.25. The normalized spacial score (nSPS) is 30.3. The number of hydrogen-bond acceptors (Lipinski definition) is 1. The van der Waals surface area contributed by atoms with E-state index in [4.69, 9.17) is 0 Å². The average Bonchev–Trinajstić information content (AvgIpc) is 3.14. The number of hydrogen-bond donors (Lipinski definition) is 1. The van der Waals surface area contributed by atoms with Crippen LogP contribution in [0.3, 0.4) is 0 Å². The lowest BCUT2D eigenvalue weighted by Gasteiger charge is -2.30. The van der Waals surface area contributed by atoms with Gasteiger partial charge in [0.2, 0.25) is 0 Å². The second-order valence-electron chi connectivity index (χ2n) is 5.52.